The molecule has 0 aliphatic carbocycles. The number of carbonyl (C=O) groups is 2. The van der Waals surface area contributed by atoms with Gasteiger partial charge in [-0.15, -0.1) is 0 Å². The maximum absolute atomic E-state index is 12.3. The van der Waals surface area contributed by atoms with Crippen LogP contribution in [0.5, 0.6) is 0 Å². The van der Waals surface area contributed by atoms with Crippen molar-refractivity contribution in [2.45, 2.75) is 38.6 Å². The van der Waals surface area contributed by atoms with Gasteiger partial charge in [0.25, 0.3) is 0 Å². The number of nitrogens with zero attached hydrogens (tertiary/aromatic N) is 2. The van der Waals surface area contributed by atoms with Gasteiger partial charge in [-0.1, -0.05) is 30.3 Å². The topological polar surface area (TPSA) is 64.7 Å². The van der Waals surface area contributed by atoms with Gasteiger partial charge < -0.3 is 20.4 Å². The molecule has 0 bridgehead atoms. The van der Waals surface area contributed by atoms with Crippen molar-refractivity contribution in [3.63, 3.8) is 0 Å². The molecule has 1 aromatic rings. The summed E-state index contributed by atoms with van der Waals surface area (Å²) in [5, 5.41) is 5.99. The van der Waals surface area contributed by atoms with E-state index in [1.807, 2.05) is 4.90 Å². The van der Waals surface area contributed by atoms with Crippen LogP contribution in [0.1, 0.15) is 31.7 Å². The van der Waals surface area contributed by atoms with E-state index >= 15 is 0 Å². The SMILES string of the molecule is CC(=O)NC1CCN(C(=O)NCC2CCN(CCc3ccccc3)CC2)C1. The molecule has 2 fully saturated rings. The second-order valence-corrected chi connectivity index (χ2v) is 7.84. The molecule has 1 atom stereocenters. The fourth-order valence-corrected chi connectivity index (χ4v) is 4.04. The van der Waals surface area contributed by atoms with Crippen LogP contribution in [0.3, 0.4) is 0 Å². The number of benzene rings is 1. The number of carbonyl (C=O) groups excluding carboxylic acids is 2. The highest BCUT2D eigenvalue weighted by Gasteiger charge is 2.27. The zero-order valence-corrected chi connectivity index (χ0v) is 16.3. The van der Waals surface area contributed by atoms with Gasteiger partial charge in [-0.05, 0) is 50.3 Å². The quantitative estimate of drug-likeness (QED) is 0.801. The van der Waals surface area contributed by atoms with Crippen molar-refractivity contribution < 1.29 is 9.59 Å². The zero-order valence-electron chi connectivity index (χ0n) is 16.3. The van der Waals surface area contributed by atoms with E-state index in [0.29, 0.717) is 19.0 Å². The molecule has 2 aliphatic heterocycles. The van der Waals surface area contributed by atoms with Gasteiger partial charge in [-0.2, -0.15) is 0 Å². The summed E-state index contributed by atoms with van der Waals surface area (Å²) >= 11 is 0. The van der Waals surface area contributed by atoms with Crippen LogP contribution in [0, 0.1) is 5.92 Å². The molecule has 0 spiro atoms. The van der Waals surface area contributed by atoms with Crippen LogP contribution in [0.4, 0.5) is 4.79 Å². The maximum Gasteiger partial charge on any atom is 0.317 e. The Morgan fingerprint density at radius 1 is 1.07 bits per heavy atom. The molecule has 2 saturated heterocycles. The van der Waals surface area contributed by atoms with Crippen molar-refractivity contribution in [2.75, 3.05) is 39.3 Å². The maximum atomic E-state index is 12.3. The molecule has 148 valence electrons. The fraction of sp³-hybridized carbons (Fsp3) is 0.619. The Morgan fingerprint density at radius 3 is 2.52 bits per heavy atom. The van der Waals surface area contributed by atoms with Gasteiger partial charge in [0.2, 0.25) is 5.91 Å². The van der Waals surface area contributed by atoms with E-state index in [-0.39, 0.29) is 18.0 Å². The Labute approximate surface area is 162 Å². The van der Waals surface area contributed by atoms with Gasteiger partial charge in [0.15, 0.2) is 0 Å². The highest BCUT2D eigenvalue weighted by Crippen LogP contribution is 2.17. The van der Waals surface area contributed by atoms with E-state index in [9.17, 15) is 9.59 Å². The molecule has 27 heavy (non-hydrogen) atoms. The van der Waals surface area contributed by atoms with Crippen LogP contribution >= 0.6 is 0 Å². The third-order valence-corrected chi connectivity index (χ3v) is 5.69. The average molecular weight is 373 g/mol. The van der Waals surface area contributed by atoms with E-state index < -0.39 is 0 Å². The Balaban J connectivity index is 1.30. The van der Waals surface area contributed by atoms with Crippen LogP contribution in [-0.4, -0.2) is 67.0 Å². The third kappa shape index (κ3) is 6.24. The molecule has 1 aromatic carbocycles. The lowest BCUT2D eigenvalue weighted by atomic mass is 9.96. The highest BCUT2D eigenvalue weighted by atomic mass is 16.2. The van der Waals surface area contributed by atoms with E-state index in [2.05, 4.69) is 45.9 Å². The summed E-state index contributed by atoms with van der Waals surface area (Å²) < 4.78 is 0. The van der Waals surface area contributed by atoms with Gasteiger partial charge >= 0.3 is 6.03 Å². The van der Waals surface area contributed by atoms with E-state index in [1.165, 1.54) is 12.5 Å². The molecule has 0 aromatic heterocycles. The van der Waals surface area contributed by atoms with Crippen molar-refractivity contribution >= 4 is 11.9 Å². The van der Waals surface area contributed by atoms with E-state index in [4.69, 9.17) is 0 Å². The summed E-state index contributed by atoms with van der Waals surface area (Å²) in [6, 6.07) is 10.8. The van der Waals surface area contributed by atoms with Crippen molar-refractivity contribution in [2.24, 2.45) is 5.92 Å². The highest BCUT2D eigenvalue weighted by molar-refractivity contribution is 5.75. The first kappa shape index (κ1) is 19.7. The Hall–Kier alpha value is -2.08. The molecule has 6 nitrogen and oxygen atoms in total. The van der Waals surface area contributed by atoms with Gasteiger partial charge in [0, 0.05) is 39.1 Å². The molecular weight excluding hydrogens is 340 g/mol. The molecule has 1 unspecified atom stereocenters. The fourth-order valence-electron chi connectivity index (χ4n) is 4.04. The van der Waals surface area contributed by atoms with Crippen LogP contribution in [0.15, 0.2) is 30.3 Å². The monoisotopic (exact) mass is 372 g/mol. The summed E-state index contributed by atoms with van der Waals surface area (Å²) in [4.78, 5) is 27.8. The van der Waals surface area contributed by atoms with E-state index in [1.54, 1.807) is 0 Å². The minimum absolute atomic E-state index is 0.00867. The predicted molar refractivity (Wildman–Crippen MR) is 107 cm³/mol. The Bertz CT molecular complexity index is 614. The lowest BCUT2D eigenvalue weighted by molar-refractivity contribution is -0.119. The van der Waals surface area contributed by atoms with Crippen molar-refractivity contribution in [1.82, 2.24) is 20.4 Å². The number of urea groups is 1. The Morgan fingerprint density at radius 2 is 1.81 bits per heavy atom. The lowest BCUT2D eigenvalue weighted by Gasteiger charge is -2.32. The van der Waals surface area contributed by atoms with Crippen LogP contribution < -0.4 is 10.6 Å². The molecule has 0 radical (unpaired) electrons. The van der Waals surface area contributed by atoms with Crippen molar-refractivity contribution in [3.8, 4) is 0 Å². The summed E-state index contributed by atoms with van der Waals surface area (Å²) in [5.41, 5.74) is 1.40. The molecular formula is C21H32N4O2. The smallest absolute Gasteiger partial charge is 0.317 e. The lowest BCUT2D eigenvalue weighted by Crippen LogP contribution is -2.44. The van der Waals surface area contributed by atoms with Gasteiger partial charge in [0.05, 0.1) is 0 Å². The first-order valence-corrected chi connectivity index (χ1v) is 10.2. The average Bonchev–Trinajstić information content (AvgIpc) is 3.14. The van der Waals surface area contributed by atoms with Crippen LogP contribution in [0.2, 0.25) is 0 Å². The third-order valence-electron chi connectivity index (χ3n) is 5.69. The molecule has 2 N–H and O–H groups in total. The normalized spacial score (nSPS) is 21.2. The minimum Gasteiger partial charge on any atom is -0.352 e. The van der Waals surface area contributed by atoms with Gasteiger partial charge in [-0.25, -0.2) is 4.79 Å². The molecule has 3 rings (SSSR count). The standard InChI is InChI=1S/C21H32N4O2/c1-17(26)23-20-10-14-25(16-20)21(27)22-15-19-8-12-24(13-9-19)11-7-18-5-3-2-4-6-18/h2-6,19-20H,7-16H2,1H3,(H,22,27)(H,23,26). The summed E-state index contributed by atoms with van der Waals surface area (Å²) in [7, 11) is 0. The summed E-state index contributed by atoms with van der Waals surface area (Å²) in [5.74, 6) is 0.539. The zero-order chi connectivity index (χ0) is 19.1. The summed E-state index contributed by atoms with van der Waals surface area (Å²) in [6.45, 7) is 6.95. The second-order valence-electron chi connectivity index (χ2n) is 7.84. The molecule has 6 heteroatoms. The van der Waals surface area contributed by atoms with E-state index in [0.717, 1.165) is 51.9 Å². The van der Waals surface area contributed by atoms with Crippen LogP contribution in [-0.2, 0) is 11.2 Å². The predicted octanol–water partition coefficient (Wildman–Crippen LogP) is 1.86. The molecule has 2 heterocycles. The first-order valence-electron chi connectivity index (χ1n) is 10.2. The first-order chi connectivity index (χ1) is 13.1. The minimum atomic E-state index is -0.0266. The summed E-state index contributed by atoms with van der Waals surface area (Å²) in [6.07, 6.45) is 4.23. The number of likely N-dealkylation sites (tertiary alicyclic amines) is 2. The molecule has 0 saturated carbocycles. The van der Waals surface area contributed by atoms with Gasteiger partial charge in [0.1, 0.15) is 0 Å². The molecule has 2 aliphatic rings. The number of rotatable bonds is 6. The van der Waals surface area contributed by atoms with Crippen molar-refractivity contribution in [1.29, 1.82) is 0 Å². The molecule has 3 amide bonds. The largest absolute Gasteiger partial charge is 0.352 e. The Kier molecular flexibility index (Phi) is 7.10. The van der Waals surface area contributed by atoms with Crippen LogP contribution in [0.25, 0.3) is 0 Å². The number of piperidine rings is 1. The number of nitrogens with one attached hydrogen (secondary N) is 2. The second kappa shape index (κ2) is 9.74. The number of hydrogen-bond acceptors (Lipinski definition) is 3. The van der Waals surface area contributed by atoms with Gasteiger partial charge in [-0.3, -0.25) is 4.79 Å². The number of amides is 3. The number of hydrogen-bond donors (Lipinski definition) is 2. The van der Waals surface area contributed by atoms with Crippen molar-refractivity contribution in [3.05, 3.63) is 35.9 Å².